The summed E-state index contributed by atoms with van der Waals surface area (Å²) >= 11 is 1.27. The lowest BCUT2D eigenvalue weighted by atomic mass is 10.00. The lowest BCUT2D eigenvalue weighted by Crippen LogP contribution is -2.49. The van der Waals surface area contributed by atoms with Gasteiger partial charge in [-0.25, -0.2) is 0 Å². The molecule has 1 aliphatic carbocycles. The number of carbonyl (C=O) groups is 5. The summed E-state index contributed by atoms with van der Waals surface area (Å²) in [6.07, 6.45) is 3.72. The van der Waals surface area contributed by atoms with Gasteiger partial charge < -0.3 is 26.6 Å². The van der Waals surface area contributed by atoms with Gasteiger partial charge in [0.05, 0.1) is 0 Å². The molecule has 2 unspecified atom stereocenters. The van der Waals surface area contributed by atoms with Crippen molar-refractivity contribution in [3.63, 3.8) is 0 Å². The maximum Gasteiger partial charge on any atom is 0.322 e. The predicted octanol–water partition coefficient (Wildman–Crippen LogP) is -0.723. The molecule has 0 bridgehead atoms. The number of allylic oxidation sites excluding steroid dienone is 1. The number of ketones is 1. The molecule has 2 amide bonds. The molecular weight excluding hydrogens is 390 g/mol. The molecule has 0 saturated heterocycles. The fourth-order valence-electron chi connectivity index (χ4n) is 2.38. The van der Waals surface area contributed by atoms with E-state index in [4.69, 9.17) is 15.9 Å². The second-order valence-electron chi connectivity index (χ2n) is 6.27. The lowest BCUT2D eigenvalue weighted by Gasteiger charge is -2.19. The molecule has 2 atom stereocenters. The van der Waals surface area contributed by atoms with Crippen LogP contribution in [-0.4, -0.2) is 69.9 Å². The molecule has 0 fully saturated rings. The van der Waals surface area contributed by atoms with Crippen LogP contribution in [0.2, 0.25) is 0 Å². The van der Waals surface area contributed by atoms with E-state index in [0.29, 0.717) is 17.7 Å². The fraction of sp³-hybridized carbons (Fsp3) is 0.588. The van der Waals surface area contributed by atoms with E-state index in [-0.39, 0.29) is 24.4 Å². The molecule has 0 aromatic rings. The number of aliphatic carboxylic acids is 2. The summed E-state index contributed by atoms with van der Waals surface area (Å²) in [6, 6.07) is -2.21. The molecule has 1 rings (SSSR count). The predicted molar refractivity (Wildman–Crippen MR) is 102 cm³/mol. The van der Waals surface area contributed by atoms with Crippen molar-refractivity contribution >= 4 is 41.3 Å². The SMILES string of the molecule is NC(CCC(=O)NC(CSCC1=CCCCC1=O)C(=O)NCC(=O)O)C(=O)O. The number of Topliss-reactive ketones (excluding diaryl/α,β-unsaturated/α-hetero) is 1. The monoisotopic (exact) mass is 415 g/mol. The molecule has 1 aliphatic rings. The first kappa shape index (κ1) is 23.6. The van der Waals surface area contributed by atoms with Gasteiger partial charge in [0.2, 0.25) is 11.8 Å². The highest BCUT2D eigenvalue weighted by Crippen LogP contribution is 2.19. The molecule has 0 spiro atoms. The molecule has 0 saturated carbocycles. The Hall–Kier alpha value is -2.40. The van der Waals surface area contributed by atoms with Crippen LogP contribution in [0.1, 0.15) is 32.1 Å². The molecule has 11 heteroatoms. The molecule has 0 radical (unpaired) electrons. The van der Waals surface area contributed by atoms with Gasteiger partial charge in [-0.2, -0.15) is 11.8 Å². The molecule has 0 heterocycles. The van der Waals surface area contributed by atoms with Crippen molar-refractivity contribution in [3.05, 3.63) is 11.6 Å². The summed E-state index contributed by atoms with van der Waals surface area (Å²) in [6.45, 7) is -0.594. The maximum atomic E-state index is 12.2. The second kappa shape index (κ2) is 12.1. The van der Waals surface area contributed by atoms with Crippen LogP contribution >= 0.6 is 11.8 Å². The van der Waals surface area contributed by atoms with E-state index in [1.54, 1.807) is 0 Å². The minimum absolute atomic E-state index is 0.0670. The van der Waals surface area contributed by atoms with Crippen LogP contribution in [0.4, 0.5) is 0 Å². The van der Waals surface area contributed by atoms with Gasteiger partial charge in [0.15, 0.2) is 5.78 Å². The van der Waals surface area contributed by atoms with Crippen molar-refractivity contribution < 1.29 is 34.2 Å². The first-order chi connectivity index (χ1) is 13.2. The van der Waals surface area contributed by atoms with Crippen LogP contribution < -0.4 is 16.4 Å². The smallest absolute Gasteiger partial charge is 0.322 e. The number of hydrogen-bond donors (Lipinski definition) is 5. The zero-order valence-corrected chi connectivity index (χ0v) is 16.1. The van der Waals surface area contributed by atoms with Gasteiger partial charge >= 0.3 is 11.9 Å². The van der Waals surface area contributed by atoms with E-state index in [2.05, 4.69) is 10.6 Å². The van der Waals surface area contributed by atoms with Gasteiger partial charge in [0, 0.05) is 29.9 Å². The van der Waals surface area contributed by atoms with Gasteiger partial charge in [-0.15, -0.1) is 0 Å². The van der Waals surface area contributed by atoms with E-state index in [0.717, 1.165) is 12.8 Å². The van der Waals surface area contributed by atoms with Crippen LogP contribution in [-0.2, 0) is 24.0 Å². The van der Waals surface area contributed by atoms with Crippen LogP contribution in [0.3, 0.4) is 0 Å². The summed E-state index contributed by atoms with van der Waals surface area (Å²) in [5.74, 6) is -3.11. The van der Waals surface area contributed by atoms with Crippen LogP contribution in [0.5, 0.6) is 0 Å². The van der Waals surface area contributed by atoms with Crippen LogP contribution in [0, 0.1) is 0 Å². The third-order valence-corrected chi connectivity index (χ3v) is 5.05. The zero-order valence-electron chi connectivity index (χ0n) is 15.3. The summed E-state index contributed by atoms with van der Waals surface area (Å²) < 4.78 is 0. The lowest BCUT2D eigenvalue weighted by molar-refractivity contribution is -0.139. The minimum atomic E-state index is -1.23. The first-order valence-electron chi connectivity index (χ1n) is 8.78. The Labute approximate surface area is 166 Å². The maximum absolute atomic E-state index is 12.2. The highest BCUT2D eigenvalue weighted by molar-refractivity contribution is 7.99. The number of rotatable bonds is 12. The third kappa shape index (κ3) is 9.00. The minimum Gasteiger partial charge on any atom is -0.480 e. The Morgan fingerprint density at radius 2 is 1.96 bits per heavy atom. The summed E-state index contributed by atoms with van der Waals surface area (Å²) in [4.78, 5) is 57.3. The van der Waals surface area contributed by atoms with Crippen molar-refractivity contribution in [1.29, 1.82) is 0 Å². The van der Waals surface area contributed by atoms with E-state index < -0.39 is 42.4 Å². The number of carbonyl (C=O) groups excluding carboxylic acids is 3. The van der Waals surface area contributed by atoms with Crippen molar-refractivity contribution in [3.8, 4) is 0 Å². The molecule has 28 heavy (non-hydrogen) atoms. The standard InChI is InChI=1S/C17H25N3O7S/c18-11(17(26)27)5-6-14(22)20-12(16(25)19-7-15(23)24)9-28-8-10-3-1-2-4-13(10)21/h3,11-12H,1-2,4-9,18H2,(H,19,25)(H,20,22)(H,23,24)(H,26,27). The average molecular weight is 415 g/mol. The van der Waals surface area contributed by atoms with E-state index in [1.807, 2.05) is 6.08 Å². The molecule has 0 aromatic heterocycles. The third-order valence-electron chi connectivity index (χ3n) is 3.96. The summed E-state index contributed by atoms with van der Waals surface area (Å²) in [5.41, 5.74) is 6.03. The molecule has 156 valence electrons. The first-order valence-corrected chi connectivity index (χ1v) is 9.93. The quantitative estimate of drug-likeness (QED) is 0.275. The number of nitrogens with two attached hydrogens (primary N) is 1. The van der Waals surface area contributed by atoms with Crippen molar-refractivity contribution in [2.45, 2.75) is 44.2 Å². The number of hydrogen-bond acceptors (Lipinski definition) is 7. The molecular formula is C17H25N3O7S. The topological polar surface area (TPSA) is 176 Å². The van der Waals surface area contributed by atoms with Gasteiger partial charge in [0.1, 0.15) is 18.6 Å². The van der Waals surface area contributed by atoms with E-state index >= 15 is 0 Å². The van der Waals surface area contributed by atoms with Gasteiger partial charge in [-0.3, -0.25) is 24.0 Å². The van der Waals surface area contributed by atoms with Crippen molar-refractivity contribution in [1.82, 2.24) is 10.6 Å². The van der Waals surface area contributed by atoms with Gasteiger partial charge in [0.25, 0.3) is 0 Å². The Bertz CT molecular complexity index is 651. The molecule has 6 N–H and O–H groups in total. The zero-order chi connectivity index (χ0) is 21.1. The highest BCUT2D eigenvalue weighted by atomic mass is 32.2. The number of carboxylic acids is 2. The highest BCUT2D eigenvalue weighted by Gasteiger charge is 2.23. The van der Waals surface area contributed by atoms with E-state index in [9.17, 15) is 24.0 Å². The molecule has 0 aliphatic heterocycles. The number of amides is 2. The van der Waals surface area contributed by atoms with Crippen molar-refractivity contribution in [2.24, 2.45) is 5.73 Å². The van der Waals surface area contributed by atoms with E-state index in [1.165, 1.54) is 11.8 Å². The second-order valence-corrected chi connectivity index (χ2v) is 7.31. The molecule has 0 aromatic carbocycles. The Kier molecular flexibility index (Phi) is 10.2. The van der Waals surface area contributed by atoms with Gasteiger partial charge in [-0.05, 0) is 19.3 Å². The Morgan fingerprint density at radius 3 is 2.57 bits per heavy atom. The Morgan fingerprint density at radius 1 is 1.25 bits per heavy atom. The number of carboxylic acid groups (broad SMARTS) is 2. The van der Waals surface area contributed by atoms with Crippen LogP contribution in [0.25, 0.3) is 0 Å². The van der Waals surface area contributed by atoms with Crippen molar-refractivity contribution in [2.75, 3.05) is 18.1 Å². The van der Waals surface area contributed by atoms with Crippen LogP contribution in [0.15, 0.2) is 11.6 Å². The summed E-state index contributed by atoms with van der Waals surface area (Å²) in [7, 11) is 0. The average Bonchev–Trinajstić information content (AvgIpc) is 2.64. The summed E-state index contributed by atoms with van der Waals surface area (Å²) in [5, 5.41) is 22.1. The normalized spacial score (nSPS) is 15.9. The number of thioether (sulfide) groups is 1. The Balaban J connectivity index is 2.59. The largest absolute Gasteiger partial charge is 0.480 e. The fourth-order valence-corrected chi connectivity index (χ4v) is 3.47. The molecule has 10 nitrogen and oxygen atoms in total. The van der Waals surface area contributed by atoms with Gasteiger partial charge in [-0.1, -0.05) is 6.08 Å². The number of nitrogens with one attached hydrogen (secondary N) is 2.